The Morgan fingerprint density at radius 3 is 2.89 bits per heavy atom. The highest BCUT2D eigenvalue weighted by Gasteiger charge is 2.32. The summed E-state index contributed by atoms with van der Waals surface area (Å²) in [7, 11) is 1.68. The fraction of sp³-hybridized carbons (Fsp3) is 0.333. The Balaban J connectivity index is 1.26. The maximum absolute atomic E-state index is 13.3. The zero-order chi connectivity index (χ0) is 25.3. The van der Waals surface area contributed by atoms with E-state index >= 15 is 0 Å². The molecule has 5 rings (SSSR count). The van der Waals surface area contributed by atoms with Crippen molar-refractivity contribution < 1.29 is 19.1 Å². The number of benzene rings is 1. The van der Waals surface area contributed by atoms with E-state index in [1.54, 1.807) is 30.3 Å². The first-order valence-corrected chi connectivity index (χ1v) is 11.9. The normalized spacial score (nSPS) is 18.4. The van der Waals surface area contributed by atoms with Gasteiger partial charge >= 0.3 is 6.03 Å². The summed E-state index contributed by atoms with van der Waals surface area (Å²) in [4.78, 5) is 31.4. The van der Waals surface area contributed by atoms with Gasteiger partial charge < -0.3 is 15.3 Å². The van der Waals surface area contributed by atoms with Gasteiger partial charge in [-0.1, -0.05) is 24.0 Å². The lowest BCUT2D eigenvalue weighted by Crippen LogP contribution is -2.48. The SMILES string of the molecule is CN1C(=O)[C@@H](NC(=O)n2cc(Cc3cccc(F)n3)cn2)CCc2ccc(C#CC3(O)CCC3)cc21. The van der Waals surface area contributed by atoms with Crippen LogP contribution in [-0.4, -0.2) is 50.5 Å². The number of pyridine rings is 1. The van der Waals surface area contributed by atoms with E-state index in [2.05, 4.69) is 27.2 Å². The summed E-state index contributed by atoms with van der Waals surface area (Å²) < 4.78 is 14.5. The van der Waals surface area contributed by atoms with Crippen LogP contribution in [0, 0.1) is 17.8 Å². The highest BCUT2D eigenvalue weighted by Crippen LogP contribution is 2.31. The fourth-order valence-electron chi connectivity index (χ4n) is 4.44. The third-order valence-corrected chi connectivity index (χ3v) is 6.70. The van der Waals surface area contributed by atoms with E-state index in [0.717, 1.165) is 27.9 Å². The summed E-state index contributed by atoms with van der Waals surface area (Å²) >= 11 is 0. The first kappa shape index (κ1) is 23.7. The largest absolute Gasteiger partial charge is 0.378 e. The van der Waals surface area contributed by atoms with Crippen molar-refractivity contribution in [2.24, 2.45) is 0 Å². The van der Waals surface area contributed by atoms with Crippen molar-refractivity contribution in [2.75, 3.05) is 11.9 Å². The number of amides is 2. The summed E-state index contributed by atoms with van der Waals surface area (Å²) in [5, 5.41) is 17.1. The second-order valence-electron chi connectivity index (χ2n) is 9.34. The standard InChI is InChI=1S/C27H26FN5O3/c1-32-23-15-18(10-13-27(36)11-3-12-27)6-7-20(23)8-9-22(25(32)34)31-26(35)33-17-19(16-29-33)14-21-4-2-5-24(28)30-21/h2,4-7,15-17,22,36H,3,8-9,11-12,14H2,1H3,(H,31,35)/t22-/m0/s1. The van der Waals surface area contributed by atoms with Crippen LogP contribution in [0.4, 0.5) is 14.9 Å². The highest BCUT2D eigenvalue weighted by molar-refractivity contribution is 6.00. The molecule has 0 unspecified atom stereocenters. The molecule has 1 aromatic carbocycles. The van der Waals surface area contributed by atoms with Gasteiger partial charge in [0.25, 0.3) is 0 Å². The van der Waals surface area contributed by atoms with Crippen molar-refractivity contribution in [3.05, 3.63) is 77.1 Å². The van der Waals surface area contributed by atoms with E-state index in [1.165, 1.54) is 12.3 Å². The van der Waals surface area contributed by atoms with Crippen molar-refractivity contribution in [1.82, 2.24) is 20.1 Å². The Kier molecular flexibility index (Phi) is 6.29. The van der Waals surface area contributed by atoms with Crippen LogP contribution < -0.4 is 10.2 Å². The quantitative estimate of drug-likeness (QED) is 0.437. The number of aromatic nitrogens is 3. The van der Waals surface area contributed by atoms with Crippen molar-refractivity contribution in [1.29, 1.82) is 0 Å². The van der Waals surface area contributed by atoms with Gasteiger partial charge in [-0.2, -0.15) is 14.2 Å². The molecular weight excluding hydrogens is 461 g/mol. The zero-order valence-corrected chi connectivity index (χ0v) is 19.9. The summed E-state index contributed by atoms with van der Waals surface area (Å²) in [6, 6.07) is 8.99. The Morgan fingerprint density at radius 2 is 2.14 bits per heavy atom. The Morgan fingerprint density at radius 1 is 1.31 bits per heavy atom. The first-order valence-electron chi connectivity index (χ1n) is 11.9. The van der Waals surface area contributed by atoms with E-state index in [1.807, 2.05) is 18.2 Å². The van der Waals surface area contributed by atoms with Crippen molar-refractivity contribution in [3.8, 4) is 11.8 Å². The van der Waals surface area contributed by atoms with Gasteiger partial charge in [-0.15, -0.1) is 0 Å². The number of nitrogens with zero attached hydrogens (tertiary/aromatic N) is 4. The van der Waals surface area contributed by atoms with Gasteiger partial charge in [-0.05, 0) is 67.5 Å². The molecule has 1 aliphatic heterocycles. The average molecular weight is 488 g/mol. The molecule has 2 aliphatic rings. The predicted octanol–water partition coefficient (Wildman–Crippen LogP) is 2.81. The molecule has 36 heavy (non-hydrogen) atoms. The molecule has 0 bridgehead atoms. The van der Waals surface area contributed by atoms with Crippen LogP contribution in [0.3, 0.4) is 0 Å². The molecule has 1 aliphatic carbocycles. The molecule has 2 amide bonds. The number of carbonyl (C=O) groups excluding carboxylic acids is 2. The molecule has 3 heterocycles. The topological polar surface area (TPSA) is 100 Å². The van der Waals surface area contributed by atoms with Crippen LogP contribution in [0.25, 0.3) is 0 Å². The number of rotatable bonds is 3. The minimum atomic E-state index is -0.899. The number of aliphatic hydroxyl groups is 1. The van der Waals surface area contributed by atoms with Gasteiger partial charge in [0.2, 0.25) is 11.9 Å². The molecule has 3 aromatic rings. The molecule has 2 N–H and O–H groups in total. The lowest BCUT2D eigenvalue weighted by atomic mass is 9.81. The fourth-order valence-corrected chi connectivity index (χ4v) is 4.44. The molecule has 1 atom stereocenters. The Bertz CT molecular complexity index is 1390. The third-order valence-electron chi connectivity index (χ3n) is 6.70. The van der Waals surface area contributed by atoms with Crippen LogP contribution in [0.15, 0.2) is 48.8 Å². The van der Waals surface area contributed by atoms with E-state index in [9.17, 15) is 19.1 Å². The van der Waals surface area contributed by atoms with Gasteiger partial charge in [-0.25, -0.2) is 9.78 Å². The smallest absolute Gasteiger partial charge is 0.342 e. The van der Waals surface area contributed by atoms with Crippen LogP contribution >= 0.6 is 0 Å². The maximum atomic E-state index is 13.3. The molecular formula is C27H26FN5O3. The second kappa shape index (κ2) is 9.55. The van der Waals surface area contributed by atoms with Crippen molar-refractivity contribution in [3.63, 3.8) is 0 Å². The molecule has 0 saturated heterocycles. The summed E-state index contributed by atoms with van der Waals surface area (Å²) in [6.07, 6.45) is 6.78. The number of carbonyl (C=O) groups is 2. The van der Waals surface area contributed by atoms with E-state index in [-0.39, 0.29) is 5.91 Å². The molecule has 8 nitrogen and oxygen atoms in total. The lowest BCUT2D eigenvalue weighted by molar-refractivity contribution is -0.120. The molecule has 0 spiro atoms. The predicted molar refractivity (Wildman–Crippen MR) is 131 cm³/mol. The molecule has 2 aromatic heterocycles. The molecule has 9 heteroatoms. The van der Waals surface area contributed by atoms with Gasteiger partial charge in [0.15, 0.2) is 0 Å². The van der Waals surface area contributed by atoms with Gasteiger partial charge in [-0.3, -0.25) is 4.79 Å². The highest BCUT2D eigenvalue weighted by atomic mass is 19.1. The number of likely N-dealkylation sites (N-methyl/N-ethyl adjacent to an activating group) is 1. The van der Waals surface area contributed by atoms with E-state index in [4.69, 9.17) is 0 Å². The van der Waals surface area contributed by atoms with E-state index in [0.29, 0.717) is 43.4 Å². The van der Waals surface area contributed by atoms with Gasteiger partial charge in [0, 0.05) is 36.6 Å². The lowest BCUT2D eigenvalue weighted by Gasteiger charge is -2.30. The second-order valence-corrected chi connectivity index (χ2v) is 9.34. The first-order chi connectivity index (χ1) is 17.3. The molecule has 1 fully saturated rings. The number of aryl methyl sites for hydroxylation is 1. The van der Waals surface area contributed by atoms with Crippen molar-refractivity contribution >= 4 is 17.6 Å². The minimum absolute atomic E-state index is 0.235. The minimum Gasteiger partial charge on any atom is -0.378 e. The molecule has 1 saturated carbocycles. The summed E-state index contributed by atoms with van der Waals surface area (Å²) in [5.41, 5.74) is 2.78. The monoisotopic (exact) mass is 487 g/mol. The molecule has 0 radical (unpaired) electrons. The van der Waals surface area contributed by atoms with Crippen LogP contribution in [0.1, 0.15) is 48.1 Å². The maximum Gasteiger partial charge on any atom is 0.342 e. The third kappa shape index (κ3) is 4.99. The van der Waals surface area contributed by atoms with Crippen molar-refractivity contribution in [2.45, 2.75) is 50.2 Å². The van der Waals surface area contributed by atoms with Crippen LogP contribution in [0.5, 0.6) is 0 Å². The van der Waals surface area contributed by atoms with E-state index < -0.39 is 23.6 Å². The Labute approximate surface area is 208 Å². The number of anilines is 1. The number of hydrogen-bond donors (Lipinski definition) is 2. The summed E-state index contributed by atoms with van der Waals surface area (Å²) in [6.45, 7) is 0. The number of hydrogen-bond acceptors (Lipinski definition) is 5. The van der Waals surface area contributed by atoms with Gasteiger partial charge in [0.05, 0.1) is 6.20 Å². The number of halogens is 1. The van der Waals surface area contributed by atoms with Gasteiger partial charge in [0.1, 0.15) is 11.6 Å². The number of nitrogens with one attached hydrogen (secondary N) is 1. The number of fused-ring (bicyclic) bond motifs is 1. The average Bonchev–Trinajstić information content (AvgIpc) is 3.28. The summed E-state index contributed by atoms with van der Waals surface area (Å²) in [5.74, 6) is 5.18. The molecule has 184 valence electrons. The van der Waals surface area contributed by atoms with Crippen LogP contribution in [0.2, 0.25) is 0 Å². The van der Waals surface area contributed by atoms with Crippen LogP contribution in [-0.2, 0) is 17.6 Å². The zero-order valence-electron chi connectivity index (χ0n) is 19.9. The Hall–Kier alpha value is -4.03.